The highest BCUT2D eigenvalue weighted by molar-refractivity contribution is 5.75. The van der Waals surface area contributed by atoms with Crippen LogP contribution in [0.5, 0.6) is 0 Å². The van der Waals surface area contributed by atoms with Crippen LogP contribution in [-0.4, -0.2) is 17.6 Å². The van der Waals surface area contributed by atoms with E-state index in [1.165, 1.54) is 12.1 Å². The van der Waals surface area contributed by atoms with Crippen LogP contribution in [0.1, 0.15) is 25.5 Å². The van der Waals surface area contributed by atoms with Gasteiger partial charge in [-0.2, -0.15) is 0 Å². The number of aliphatic carboxylic acids is 1. The molecule has 0 radical (unpaired) electrons. The number of hydrogen-bond acceptors (Lipinski definition) is 2. The number of nitrogens with one attached hydrogen (secondary N) is 1. The minimum absolute atomic E-state index is 0.177. The average molecular weight is 225 g/mol. The van der Waals surface area contributed by atoms with Crippen molar-refractivity contribution in [2.75, 3.05) is 6.54 Å². The summed E-state index contributed by atoms with van der Waals surface area (Å²) in [5, 5.41) is 11.9. The van der Waals surface area contributed by atoms with Gasteiger partial charge in [0, 0.05) is 5.56 Å². The average Bonchev–Trinajstić information content (AvgIpc) is 2.20. The van der Waals surface area contributed by atoms with E-state index in [2.05, 4.69) is 5.32 Å². The first-order valence-electron chi connectivity index (χ1n) is 5.23. The molecule has 0 heterocycles. The molecule has 0 saturated carbocycles. The molecule has 2 N–H and O–H groups in total. The Balaban J connectivity index is 2.86. The fourth-order valence-electron chi connectivity index (χ4n) is 1.39. The molecule has 0 aliphatic carbocycles. The molecule has 0 bridgehead atoms. The summed E-state index contributed by atoms with van der Waals surface area (Å²) in [7, 11) is 0. The summed E-state index contributed by atoms with van der Waals surface area (Å²) in [6.45, 7) is 4.46. The van der Waals surface area contributed by atoms with Gasteiger partial charge in [0.15, 0.2) is 0 Å². The summed E-state index contributed by atoms with van der Waals surface area (Å²) in [5.74, 6) is -1.24. The minimum atomic E-state index is -1.06. The van der Waals surface area contributed by atoms with E-state index in [0.29, 0.717) is 12.5 Å². The zero-order valence-corrected chi connectivity index (χ0v) is 9.40. The van der Waals surface area contributed by atoms with Crippen molar-refractivity contribution in [2.24, 2.45) is 5.92 Å². The number of benzene rings is 1. The van der Waals surface area contributed by atoms with Crippen molar-refractivity contribution in [3.63, 3.8) is 0 Å². The second-order valence-corrected chi connectivity index (χ2v) is 4.09. The van der Waals surface area contributed by atoms with Gasteiger partial charge in [0.1, 0.15) is 11.9 Å². The predicted molar refractivity (Wildman–Crippen MR) is 59.6 cm³/mol. The highest BCUT2D eigenvalue weighted by Gasteiger charge is 2.22. The number of carboxylic acid groups (broad SMARTS) is 1. The van der Waals surface area contributed by atoms with Gasteiger partial charge in [-0.15, -0.1) is 0 Å². The highest BCUT2D eigenvalue weighted by atomic mass is 19.1. The molecule has 1 rings (SSSR count). The van der Waals surface area contributed by atoms with Crippen LogP contribution in [0.3, 0.4) is 0 Å². The molecule has 1 aromatic rings. The van der Waals surface area contributed by atoms with Gasteiger partial charge >= 0.3 is 5.97 Å². The molecule has 1 aromatic carbocycles. The van der Waals surface area contributed by atoms with Crippen LogP contribution in [0.4, 0.5) is 4.39 Å². The molecule has 0 saturated heterocycles. The number of halogens is 1. The predicted octanol–water partition coefficient (Wildman–Crippen LogP) is 2.20. The standard InChI is InChI=1S/C12H16FNO2/c1-8(2)7-14-11(12(15)16)9-5-3-4-6-10(9)13/h3-6,8,11,14H,7H2,1-2H3,(H,15,16). The summed E-state index contributed by atoms with van der Waals surface area (Å²) in [6.07, 6.45) is 0. The maximum atomic E-state index is 13.4. The molecule has 0 aromatic heterocycles. The largest absolute Gasteiger partial charge is 0.480 e. The highest BCUT2D eigenvalue weighted by Crippen LogP contribution is 2.17. The van der Waals surface area contributed by atoms with Crippen LogP contribution in [0.25, 0.3) is 0 Å². The lowest BCUT2D eigenvalue weighted by Crippen LogP contribution is -2.31. The topological polar surface area (TPSA) is 49.3 Å². The molecule has 0 aliphatic heterocycles. The van der Waals surface area contributed by atoms with E-state index in [-0.39, 0.29) is 5.56 Å². The Morgan fingerprint density at radius 3 is 2.56 bits per heavy atom. The summed E-state index contributed by atoms with van der Waals surface area (Å²) in [5.41, 5.74) is 0.177. The lowest BCUT2D eigenvalue weighted by molar-refractivity contribution is -0.139. The van der Waals surface area contributed by atoms with E-state index >= 15 is 0 Å². The van der Waals surface area contributed by atoms with Crippen molar-refractivity contribution >= 4 is 5.97 Å². The second-order valence-electron chi connectivity index (χ2n) is 4.09. The number of hydrogen-bond donors (Lipinski definition) is 2. The first kappa shape index (κ1) is 12.6. The third kappa shape index (κ3) is 3.31. The van der Waals surface area contributed by atoms with E-state index < -0.39 is 17.8 Å². The van der Waals surface area contributed by atoms with Crippen molar-refractivity contribution < 1.29 is 14.3 Å². The Morgan fingerprint density at radius 2 is 2.06 bits per heavy atom. The smallest absolute Gasteiger partial charge is 0.325 e. The Hall–Kier alpha value is -1.42. The monoisotopic (exact) mass is 225 g/mol. The molecule has 4 heteroatoms. The summed E-state index contributed by atoms with van der Waals surface area (Å²) < 4.78 is 13.4. The van der Waals surface area contributed by atoms with Crippen LogP contribution < -0.4 is 5.32 Å². The van der Waals surface area contributed by atoms with E-state index in [1.807, 2.05) is 13.8 Å². The Labute approximate surface area is 94.3 Å². The molecule has 0 fully saturated rings. The maximum absolute atomic E-state index is 13.4. The SMILES string of the molecule is CC(C)CNC(C(=O)O)c1ccccc1F. The minimum Gasteiger partial charge on any atom is -0.480 e. The Bertz CT molecular complexity index is 366. The molecule has 88 valence electrons. The second kappa shape index (κ2) is 5.61. The number of carboxylic acids is 1. The van der Waals surface area contributed by atoms with E-state index in [1.54, 1.807) is 12.1 Å². The fourth-order valence-corrected chi connectivity index (χ4v) is 1.39. The number of carbonyl (C=O) groups is 1. The van der Waals surface area contributed by atoms with Gasteiger partial charge in [-0.25, -0.2) is 4.39 Å². The molecule has 1 atom stereocenters. The van der Waals surface area contributed by atoms with Crippen LogP contribution in [-0.2, 0) is 4.79 Å². The number of rotatable bonds is 5. The van der Waals surface area contributed by atoms with Gasteiger partial charge in [-0.1, -0.05) is 32.0 Å². The lowest BCUT2D eigenvalue weighted by Gasteiger charge is -2.16. The van der Waals surface area contributed by atoms with Crippen molar-refractivity contribution in [1.82, 2.24) is 5.32 Å². The van der Waals surface area contributed by atoms with Crippen molar-refractivity contribution in [2.45, 2.75) is 19.9 Å². The van der Waals surface area contributed by atoms with Crippen molar-refractivity contribution in [1.29, 1.82) is 0 Å². The van der Waals surface area contributed by atoms with Gasteiger partial charge in [0.05, 0.1) is 0 Å². The van der Waals surface area contributed by atoms with Gasteiger partial charge in [-0.05, 0) is 18.5 Å². The molecular weight excluding hydrogens is 209 g/mol. The van der Waals surface area contributed by atoms with Crippen LogP contribution in [0.2, 0.25) is 0 Å². The molecule has 3 nitrogen and oxygen atoms in total. The summed E-state index contributed by atoms with van der Waals surface area (Å²) in [6, 6.07) is 4.94. The normalized spacial score (nSPS) is 12.8. The zero-order chi connectivity index (χ0) is 12.1. The Kier molecular flexibility index (Phi) is 4.43. The van der Waals surface area contributed by atoms with Gasteiger partial charge in [0.2, 0.25) is 0 Å². The van der Waals surface area contributed by atoms with Crippen molar-refractivity contribution in [3.8, 4) is 0 Å². The molecular formula is C12H16FNO2. The van der Waals surface area contributed by atoms with Crippen LogP contribution in [0.15, 0.2) is 24.3 Å². The molecule has 16 heavy (non-hydrogen) atoms. The summed E-state index contributed by atoms with van der Waals surface area (Å²) in [4.78, 5) is 11.0. The third-order valence-electron chi connectivity index (χ3n) is 2.19. The van der Waals surface area contributed by atoms with Crippen molar-refractivity contribution in [3.05, 3.63) is 35.6 Å². The van der Waals surface area contributed by atoms with Crippen LogP contribution >= 0.6 is 0 Å². The van der Waals surface area contributed by atoms with Crippen LogP contribution in [0, 0.1) is 11.7 Å². The van der Waals surface area contributed by atoms with Gasteiger partial charge < -0.3 is 10.4 Å². The summed E-state index contributed by atoms with van der Waals surface area (Å²) >= 11 is 0. The first-order valence-corrected chi connectivity index (χ1v) is 5.23. The maximum Gasteiger partial charge on any atom is 0.325 e. The van der Waals surface area contributed by atoms with E-state index in [4.69, 9.17) is 5.11 Å². The van der Waals surface area contributed by atoms with Gasteiger partial charge in [-0.3, -0.25) is 4.79 Å². The quantitative estimate of drug-likeness (QED) is 0.807. The van der Waals surface area contributed by atoms with E-state index in [0.717, 1.165) is 0 Å². The lowest BCUT2D eigenvalue weighted by atomic mass is 10.1. The van der Waals surface area contributed by atoms with E-state index in [9.17, 15) is 9.18 Å². The Morgan fingerprint density at radius 1 is 1.44 bits per heavy atom. The molecule has 0 amide bonds. The zero-order valence-electron chi connectivity index (χ0n) is 9.40. The van der Waals surface area contributed by atoms with Gasteiger partial charge in [0.25, 0.3) is 0 Å². The third-order valence-corrected chi connectivity index (χ3v) is 2.19. The molecule has 1 unspecified atom stereocenters. The molecule has 0 aliphatic rings. The fraction of sp³-hybridized carbons (Fsp3) is 0.417. The first-order chi connectivity index (χ1) is 7.52. The molecule has 0 spiro atoms.